The van der Waals surface area contributed by atoms with Crippen molar-refractivity contribution in [3.8, 4) is 0 Å². The summed E-state index contributed by atoms with van der Waals surface area (Å²) in [5.74, 6) is -0.254. The van der Waals surface area contributed by atoms with Gasteiger partial charge in [0, 0.05) is 12.6 Å². The molecule has 0 fully saturated rings. The molecule has 1 amide bonds. The van der Waals surface area contributed by atoms with Crippen molar-refractivity contribution in [3.63, 3.8) is 0 Å². The molecule has 5 heteroatoms. The van der Waals surface area contributed by atoms with Crippen molar-refractivity contribution in [3.05, 3.63) is 102 Å². The summed E-state index contributed by atoms with van der Waals surface area (Å²) in [6.45, 7) is 0.141. The largest absolute Gasteiger partial charge is 0.445 e. The van der Waals surface area contributed by atoms with E-state index in [4.69, 9.17) is 4.74 Å². The average Bonchev–Trinajstić information content (AvgIpc) is 2.73. The Kier molecular flexibility index (Phi) is 6.30. The van der Waals surface area contributed by atoms with Gasteiger partial charge in [-0.05, 0) is 23.3 Å². The summed E-state index contributed by atoms with van der Waals surface area (Å²) >= 11 is 0. The Morgan fingerprint density at radius 2 is 1.48 bits per heavy atom. The highest BCUT2D eigenvalue weighted by Crippen LogP contribution is 2.09. The van der Waals surface area contributed by atoms with Crippen molar-refractivity contribution in [2.75, 3.05) is 0 Å². The maximum absolute atomic E-state index is 12.8. The third-order valence-corrected chi connectivity index (χ3v) is 4.02. The second-order valence-corrected chi connectivity index (χ2v) is 6.03. The lowest BCUT2D eigenvalue weighted by Crippen LogP contribution is -2.43. The molecule has 1 aromatic heterocycles. The molecule has 0 bridgehead atoms. The fraction of sp³-hybridized carbons (Fsp3) is 0.136. The molecule has 0 aliphatic heterocycles. The molecule has 27 heavy (non-hydrogen) atoms. The fourth-order valence-corrected chi connectivity index (χ4v) is 2.65. The van der Waals surface area contributed by atoms with Gasteiger partial charge in [-0.2, -0.15) is 0 Å². The third-order valence-electron chi connectivity index (χ3n) is 4.02. The molecule has 3 rings (SSSR count). The van der Waals surface area contributed by atoms with Crippen LogP contribution >= 0.6 is 0 Å². The van der Waals surface area contributed by atoms with Gasteiger partial charge < -0.3 is 10.1 Å². The van der Waals surface area contributed by atoms with Crippen LogP contribution in [0.1, 0.15) is 21.6 Å². The number of benzene rings is 2. The Hall–Kier alpha value is -3.47. The summed E-state index contributed by atoms with van der Waals surface area (Å²) < 4.78 is 5.26. The molecule has 1 N–H and O–H groups in total. The second kappa shape index (κ2) is 9.29. The zero-order valence-corrected chi connectivity index (χ0v) is 14.7. The van der Waals surface area contributed by atoms with Gasteiger partial charge in [-0.15, -0.1) is 0 Å². The zero-order valence-electron chi connectivity index (χ0n) is 14.7. The monoisotopic (exact) mass is 360 g/mol. The highest BCUT2D eigenvalue weighted by Gasteiger charge is 2.24. The normalized spacial score (nSPS) is 11.4. The summed E-state index contributed by atoms with van der Waals surface area (Å²) in [6.07, 6.45) is 1.28. The lowest BCUT2D eigenvalue weighted by atomic mass is 10.0. The Morgan fingerprint density at radius 1 is 0.852 bits per heavy atom. The summed E-state index contributed by atoms with van der Waals surface area (Å²) in [5.41, 5.74) is 2.13. The number of pyridine rings is 1. The van der Waals surface area contributed by atoms with Crippen LogP contribution < -0.4 is 5.32 Å². The predicted molar refractivity (Wildman–Crippen MR) is 102 cm³/mol. The van der Waals surface area contributed by atoms with E-state index >= 15 is 0 Å². The first kappa shape index (κ1) is 18.3. The van der Waals surface area contributed by atoms with Gasteiger partial charge in [0.15, 0.2) is 0 Å². The Morgan fingerprint density at radius 3 is 2.11 bits per heavy atom. The summed E-state index contributed by atoms with van der Waals surface area (Å²) in [4.78, 5) is 29.2. The van der Waals surface area contributed by atoms with E-state index < -0.39 is 12.1 Å². The number of carbonyl (C=O) groups excluding carboxylic acids is 2. The molecule has 0 aliphatic carbocycles. The number of Topliss-reactive ketones (excluding diaryl/α,β-unsaturated/α-hetero) is 1. The maximum atomic E-state index is 12.8. The van der Waals surface area contributed by atoms with Gasteiger partial charge in [0.05, 0.1) is 0 Å². The van der Waals surface area contributed by atoms with Crippen LogP contribution in [0.25, 0.3) is 0 Å². The molecule has 1 heterocycles. The standard InChI is InChI=1S/C22H20N2O3/c25-21(19-13-7-8-14-23-19)20(15-17-9-3-1-4-10-17)24-22(26)27-16-18-11-5-2-6-12-18/h1-14,20H,15-16H2,(H,24,26)/t20-/m0/s1. The van der Waals surface area contributed by atoms with Crippen LogP contribution in [0.4, 0.5) is 4.79 Å². The van der Waals surface area contributed by atoms with Crippen molar-refractivity contribution in [1.82, 2.24) is 10.3 Å². The zero-order chi connectivity index (χ0) is 18.9. The van der Waals surface area contributed by atoms with Gasteiger partial charge in [0.2, 0.25) is 5.78 Å². The number of ether oxygens (including phenoxy) is 1. The Balaban J connectivity index is 1.69. The van der Waals surface area contributed by atoms with Crippen molar-refractivity contribution < 1.29 is 14.3 Å². The van der Waals surface area contributed by atoms with E-state index in [9.17, 15) is 9.59 Å². The Labute approximate surface area is 158 Å². The van der Waals surface area contributed by atoms with Gasteiger partial charge in [-0.1, -0.05) is 66.7 Å². The molecule has 0 unspecified atom stereocenters. The minimum absolute atomic E-state index is 0.141. The lowest BCUT2D eigenvalue weighted by molar-refractivity contribution is 0.0911. The van der Waals surface area contributed by atoms with Crippen LogP contribution in [0.3, 0.4) is 0 Å². The van der Waals surface area contributed by atoms with Crippen molar-refractivity contribution in [2.45, 2.75) is 19.1 Å². The molecule has 0 saturated heterocycles. The number of carbonyl (C=O) groups is 2. The number of nitrogens with one attached hydrogen (secondary N) is 1. The van der Waals surface area contributed by atoms with E-state index in [0.29, 0.717) is 12.1 Å². The van der Waals surface area contributed by atoms with Crippen molar-refractivity contribution in [1.29, 1.82) is 0 Å². The highest BCUT2D eigenvalue weighted by molar-refractivity contribution is 6.00. The number of alkyl carbamates (subject to hydrolysis) is 1. The molecule has 0 spiro atoms. The van der Waals surface area contributed by atoms with Crippen LogP contribution in [-0.2, 0) is 17.8 Å². The van der Waals surface area contributed by atoms with E-state index in [1.54, 1.807) is 24.4 Å². The van der Waals surface area contributed by atoms with Gasteiger partial charge in [0.25, 0.3) is 0 Å². The molecule has 0 aliphatic rings. The summed E-state index contributed by atoms with van der Waals surface area (Å²) in [6, 6.07) is 23.3. The molecule has 2 aromatic carbocycles. The quantitative estimate of drug-likeness (QED) is 0.651. The molecular formula is C22H20N2O3. The van der Waals surface area contributed by atoms with Crippen LogP contribution in [0.15, 0.2) is 85.1 Å². The number of ketones is 1. The van der Waals surface area contributed by atoms with Crippen molar-refractivity contribution in [2.24, 2.45) is 0 Å². The van der Waals surface area contributed by atoms with Crippen LogP contribution in [0.5, 0.6) is 0 Å². The Bertz CT molecular complexity index is 868. The minimum Gasteiger partial charge on any atom is -0.445 e. The van der Waals surface area contributed by atoms with E-state index in [-0.39, 0.29) is 12.4 Å². The maximum Gasteiger partial charge on any atom is 0.408 e. The smallest absolute Gasteiger partial charge is 0.408 e. The molecule has 136 valence electrons. The topological polar surface area (TPSA) is 68.3 Å². The first-order valence-corrected chi connectivity index (χ1v) is 8.69. The summed E-state index contributed by atoms with van der Waals surface area (Å²) in [5, 5.41) is 2.68. The van der Waals surface area contributed by atoms with Crippen LogP contribution in [-0.4, -0.2) is 22.9 Å². The van der Waals surface area contributed by atoms with E-state index in [1.165, 1.54) is 0 Å². The number of aromatic nitrogens is 1. The predicted octanol–water partition coefficient (Wildman–Crippen LogP) is 3.80. The van der Waals surface area contributed by atoms with E-state index in [0.717, 1.165) is 11.1 Å². The van der Waals surface area contributed by atoms with Gasteiger partial charge in [-0.3, -0.25) is 9.78 Å². The number of amides is 1. The number of hydrogen-bond donors (Lipinski definition) is 1. The molecule has 0 radical (unpaired) electrons. The molecule has 0 saturated carbocycles. The molecule has 1 atom stereocenters. The molecular weight excluding hydrogens is 340 g/mol. The number of hydrogen-bond acceptors (Lipinski definition) is 4. The second-order valence-electron chi connectivity index (χ2n) is 6.03. The van der Waals surface area contributed by atoms with E-state index in [2.05, 4.69) is 10.3 Å². The van der Waals surface area contributed by atoms with Gasteiger partial charge in [0.1, 0.15) is 18.3 Å². The number of nitrogens with zero attached hydrogens (tertiary/aromatic N) is 1. The average molecular weight is 360 g/mol. The number of rotatable bonds is 7. The first-order chi connectivity index (χ1) is 13.2. The van der Waals surface area contributed by atoms with Gasteiger partial charge in [-0.25, -0.2) is 4.79 Å². The van der Waals surface area contributed by atoms with Crippen LogP contribution in [0.2, 0.25) is 0 Å². The fourth-order valence-electron chi connectivity index (χ4n) is 2.65. The van der Waals surface area contributed by atoms with Gasteiger partial charge >= 0.3 is 6.09 Å². The van der Waals surface area contributed by atoms with Crippen LogP contribution in [0, 0.1) is 0 Å². The van der Waals surface area contributed by atoms with Crippen molar-refractivity contribution >= 4 is 11.9 Å². The summed E-state index contributed by atoms with van der Waals surface area (Å²) in [7, 11) is 0. The first-order valence-electron chi connectivity index (χ1n) is 8.69. The van der Waals surface area contributed by atoms with E-state index in [1.807, 2.05) is 60.7 Å². The minimum atomic E-state index is -0.759. The molecule has 3 aromatic rings. The third kappa shape index (κ3) is 5.51. The SMILES string of the molecule is O=C(N[C@@H](Cc1ccccc1)C(=O)c1ccccn1)OCc1ccccc1. The lowest BCUT2D eigenvalue weighted by Gasteiger charge is -2.17. The highest BCUT2D eigenvalue weighted by atomic mass is 16.5. The molecule has 5 nitrogen and oxygen atoms in total.